The van der Waals surface area contributed by atoms with Gasteiger partial charge in [-0.3, -0.25) is 9.59 Å². The van der Waals surface area contributed by atoms with E-state index in [0.717, 1.165) is 6.42 Å². The number of carbonyl (C=O) groups is 2. The highest BCUT2D eigenvalue weighted by Crippen LogP contribution is 2.06. The molecule has 0 aromatic carbocycles. The van der Waals surface area contributed by atoms with Gasteiger partial charge < -0.3 is 16.8 Å². The van der Waals surface area contributed by atoms with Crippen molar-refractivity contribution in [2.24, 2.45) is 17.4 Å². The lowest BCUT2D eigenvalue weighted by Gasteiger charge is -2.16. The Hall–Kier alpha value is -1.10. The van der Waals surface area contributed by atoms with Gasteiger partial charge in [0, 0.05) is 6.42 Å². The Morgan fingerprint density at radius 3 is 2.44 bits per heavy atom. The van der Waals surface area contributed by atoms with Crippen molar-refractivity contribution in [3.05, 3.63) is 0 Å². The molecule has 0 fully saturated rings. The van der Waals surface area contributed by atoms with Crippen LogP contribution in [0.25, 0.3) is 0 Å². The molecular weight excluding hydrogens is 206 g/mol. The van der Waals surface area contributed by atoms with Crippen LogP contribution >= 0.6 is 0 Å². The molecule has 5 N–H and O–H groups in total. The first-order valence-electron chi connectivity index (χ1n) is 5.80. The summed E-state index contributed by atoms with van der Waals surface area (Å²) in [5.74, 6) is -0.288. The highest BCUT2D eigenvalue weighted by molar-refractivity contribution is 5.86. The molecule has 0 rings (SSSR count). The number of amides is 2. The molecule has 16 heavy (non-hydrogen) atoms. The maximum Gasteiger partial charge on any atom is 0.240 e. The van der Waals surface area contributed by atoms with Crippen molar-refractivity contribution in [1.82, 2.24) is 5.32 Å². The molecule has 0 aromatic rings. The molecule has 0 aromatic heterocycles. The predicted molar refractivity (Wildman–Crippen MR) is 63.5 cm³/mol. The molecule has 0 aliphatic heterocycles. The van der Waals surface area contributed by atoms with E-state index in [9.17, 15) is 9.59 Å². The third-order valence-electron chi connectivity index (χ3n) is 2.61. The van der Waals surface area contributed by atoms with Gasteiger partial charge in [0.2, 0.25) is 11.8 Å². The highest BCUT2D eigenvalue weighted by Gasteiger charge is 2.18. The Balaban J connectivity index is 4.07. The van der Waals surface area contributed by atoms with Crippen molar-refractivity contribution in [1.29, 1.82) is 0 Å². The van der Waals surface area contributed by atoms with Crippen molar-refractivity contribution >= 4 is 11.8 Å². The van der Waals surface area contributed by atoms with Crippen molar-refractivity contribution in [3.8, 4) is 0 Å². The van der Waals surface area contributed by atoms with Crippen molar-refractivity contribution < 1.29 is 9.59 Å². The number of nitrogens with one attached hydrogen (secondary N) is 1. The molecule has 0 saturated heterocycles. The van der Waals surface area contributed by atoms with Gasteiger partial charge >= 0.3 is 0 Å². The maximum atomic E-state index is 11.5. The van der Waals surface area contributed by atoms with Gasteiger partial charge in [0.15, 0.2) is 0 Å². The summed E-state index contributed by atoms with van der Waals surface area (Å²) >= 11 is 0. The number of primary amides is 1. The number of hydrogen-bond acceptors (Lipinski definition) is 3. The van der Waals surface area contributed by atoms with Gasteiger partial charge in [-0.25, -0.2) is 0 Å². The van der Waals surface area contributed by atoms with Gasteiger partial charge in [-0.1, -0.05) is 20.3 Å². The molecule has 0 aliphatic rings. The SMILES string of the molecule is CCC(C)CC(=O)NC(CCCN)C(N)=O. The average Bonchev–Trinajstić information content (AvgIpc) is 2.23. The smallest absolute Gasteiger partial charge is 0.240 e. The van der Waals surface area contributed by atoms with Crippen molar-refractivity contribution in [3.63, 3.8) is 0 Å². The Bertz CT molecular complexity index is 231. The summed E-state index contributed by atoms with van der Waals surface area (Å²) < 4.78 is 0. The lowest BCUT2D eigenvalue weighted by Crippen LogP contribution is -2.45. The third kappa shape index (κ3) is 6.40. The topological polar surface area (TPSA) is 98.2 Å². The first kappa shape index (κ1) is 14.9. The van der Waals surface area contributed by atoms with Gasteiger partial charge in [-0.2, -0.15) is 0 Å². The minimum atomic E-state index is -0.583. The molecule has 2 amide bonds. The molecule has 2 unspecified atom stereocenters. The van der Waals surface area contributed by atoms with Gasteiger partial charge in [0.1, 0.15) is 6.04 Å². The van der Waals surface area contributed by atoms with Gasteiger partial charge in [-0.15, -0.1) is 0 Å². The molecule has 0 aliphatic carbocycles. The van der Waals surface area contributed by atoms with Crippen molar-refractivity contribution in [2.45, 2.75) is 45.6 Å². The largest absolute Gasteiger partial charge is 0.368 e. The number of carbonyl (C=O) groups excluding carboxylic acids is 2. The summed E-state index contributed by atoms with van der Waals surface area (Å²) in [6.07, 6.45) is 2.57. The summed E-state index contributed by atoms with van der Waals surface area (Å²) in [5, 5.41) is 2.65. The average molecular weight is 229 g/mol. The van der Waals surface area contributed by atoms with Crippen molar-refractivity contribution in [2.75, 3.05) is 6.54 Å². The van der Waals surface area contributed by atoms with Crippen LogP contribution in [0.2, 0.25) is 0 Å². The second kappa shape index (κ2) is 8.10. The fraction of sp³-hybridized carbons (Fsp3) is 0.818. The molecule has 0 saturated carbocycles. The van der Waals surface area contributed by atoms with Crippen LogP contribution in [0, 0.1) is 5.92 Å². The second-order valence-corrected chi connectivity index (χ2v) is 4.17. The van der Waals surface area contributed by atoms with E-state index in [4.69, 9.17) is 11.5 Å². The molecule has 5 heteroatoms. The van der Waals surface area contributed by atoms with Crippen LogP contribution in [-0.4, -0.2) is 24.4 Å². The van der Waals surface area contributed by atoms with E-state index in [-0.39, 0.29) is 5.91 Å². The summed E-state index contributed by atoms with van der Waals surface area (Å²) in [7, 11) is 0. The fourth-order valence-corrected chi connectivity index (χ4v) is 1.32. The minimum Gasteiger partial charge on any atom is -0.368 e. The lowest BCUT2D eigenvalue weighted by atomic mass is 10.0. The zero-order valence-corrected chi connectivity index (χ0v) is 10.2. The van der Waals surface area contributed by atoms with Crippen LogP contribution in [0.5, 0.6) is 0 Å². The standard InChI is InChI=1S/C11H23N3O2/c1-3-8(2)7-10(15)14-9(11(13)16)5-4-6-12/h8-9H,3-7,12H2,1-2H3,(H2,13,16)(H,14,15). The first-order valence-corrected chi connectivity index (χ1v) is 5.80. The minimum absolute atomic E-state index is 0.116. The molecule has 0 radical (unpaired) electrons. The monoisotopic (exact) mass is 229 g/mol. The van der Waals surface area contributed by atoms with Crippen LogP contribution in [0.15, 0.2) is 0 Å². The van der Waals surface area contributed by atoms with E-state index in [0.29, 0.717) is 31.7 Å². The van der Waals surface area contributed by atoms with Crippen LogP contribution in [-0.2, 0) is 9.59 Å². The normalized spacial score (nSPS) is 14.2. The molecule has 0 spiro atoms. The molecular formula is C11H23N3O2. The summed E-state index contributed by atoms with van der Waals surface area (Å²) in [6, 6.07) is -0.583. The molecule has 5 nitrogen and oxygen atoms in total. The van der Waals surface area contributed by atoms with E-state index in [2.05, 4.69) is 5.32 Å². The fourth-order valence-electron chi connectivity index (χ4n) is 1.32. The quantitative estimate of drug-likeness (QED) is 0.551. The summed E-state index contributed by atoms with van der Waals surface area (Å²) in [4.78, 5) is 22.6. The first-order chi connectivity index (χ1) is 7.51. The maximum absolute atomic E-state index is 11.5. The third-order valence-corrected chi connectivity index (χ3v) is 2.61. The van der Waals surface area contributed by atoms with Crippen LogP contribution in [0.4, 0.5) is 0 Å². The Morgan fingerprint density at radius 1 is 1.38 bits per heavy atom. The van der Waals surface area contributed by atoms with E-state index in [1.807, 2.05) is 13.8 Å². The molecule has 0 bridgehead atoms. The number of hydrogen-bond donors (Lipinski definition) is 3. The molecule has 2 atom stereocenters. The summed E-state index contributed by atoms with van der Waals surface area (Å²) in [6.45, 7) is 4.52. The summed E-state index contributed by atoms with van der Waals surface area (Å²) in [5.41, 5.74) is 10.5. The Kier molecular flexibility index (Phi) is 7.54. The van der Waals surface area contributed by atoms with Gasteiger partial charge in [-0.05, 0) is 25.3 Å². The van der Waals surface area contributed by atoms with E-state index in [1.165, 1.54) is 0 Å². The zero-order chi connectivity index (χ0) is 12.6. The molecule has 0 heterocycles. The van der Waals surface area contributed by atoms with Crippen LogP contribution < -0.4 is 16.8 Å². The number of nitrogens with two attached hydrogens (primary N) is 2. The lowest BCUT2D eigenvalue weighted by molar-refractivity contribution is -0.128. The van der Waals surface area contributed by atoms with E-state index >= 15 is 0 Å². The van der Waals surface area contributed by atoms with Gasteiger partial charge in [0.25, 0.3) is 0 Å². The Morgan fingerprint density at radius 2 is 2.00 bits per heavy atom. The predicted octanol–water partition coefficient (Wildman–Crippen LogP) is 0.132. The zero-order valence-electron chi connectivity index (χ0n) is 10.2. The second-order valence-electron chi connectivity index (χ2n) is 4.17. The molecule has 94 valence electrons. The van der Waals surface area contributed by atoms with E-state index < -0.39 is 11.9 Å². The Labute approximate surface area is 96.9 Å². The van der Waals surface area contributed by atoms with Crippen LogP contribution in [0.1, 0.15) is 39.5 Å². The number of rotatable bonds is 8. The van der Waals surface area contributed by atoms with Crippen LogP contribution in [0.3, 0.4) is 0 Å². The highest BCUT2D eigenvalue weighted by atomic mass is 16.2. The van der Waals surface area contributed by atoms with Gasteiger partial charge in [0.05, 0.1) is 0 Å². The van der Waals surface area contributed by atoms with E-state index in [1.54, 1.807) is 0 Å².